The number of fused-ring (bicyclic) bond motifs is 1. The van der Waals surface area contributed by atoms with E-state index in [0.29, 0.717) is 35.2 Å². The number of aromatic nitrogens is 1. The van der Waals surface area contributed by atoms with Gasteiger partial charge >= 0.3 is 12.1 Å². The molecule has 0 radical (unpaired) electrons. The molecule has 1 amide bonds. The van der Waals surface area contributed by atoms with Crippen LogP contribution in [-0.4, -0.2) is 46.8 Å². The molecule has 7 nitrogen and oxygen atoms in total. The molecular formula is C20H21ClN2O5S. The molecule has 1 saturated carbocycles. The van der Waals surface area contributed by atoms with Crippen molar-refractivity contribution in [1.29, 1.82) is 0 Å². The third kappa shape index (κ3) is 4.18. The van der Waals surface area contributed by atoms with Crippen LogP contribution in [0, 0.1) is 0 Å². The Balaban J connectivity index is 1.73. The molecule has 0 bridgehead atoms. The fourth-order valence-corrected chi connectivity index (χ4v) is 5.09. The molecule has 1 aliphatic carbocycles. The van der Waals surface area contributed by atoms with Crippen LogP contribution in [0.25, 0.3) is 0 Å². The van der Waals surface area contributed by atoms with Gasteiger partial charge in [-0.25, -0.2) is 14.6 Å². The highest BCUT2D eigenvalue weighted by Crippen LogP contribution is 2.48. The van der Waals surface area contributed by atoms with Gasteiger partial charge < -0.3 is 14.6 Å². The maximum Gasteiger partial charge on any atom is 0.408 e. The van der Waals surface area contributed by atoms with Gasteiger partial charge in [0.05, 0.1) is 22.2 Å². The molecule has 2 heterocycles. The second-order valence-electron chi connectivity index (χ2n) is 7.04. The summed E-state index contributed by atoms with van der Waals surface area (Å²) >= 11 is 7.81. The number of nitrogens with zero attached hydrogens (tertiary/aromatic N) is 2. The minimum absolute atomic E-state index is 0.259. The number of hydrogen-bond donors (Lipinski definition) is 1. The number of hydrogen-bond acceptors (Lipinski definition) is 6. The Morgan fingerprint density at radius 2 is 2.17 bits per heavy atom. The van der Waals surface area contributed by atoms with Crippen molar-refractivity contribution in [3.8, 4) is 5.75 Å². The van der Waals surface area contributed by atoms with E-state index in [1.807, 2.05) is 0 Å². The van der Waals surface area contributed by atoms with E-state index in [0.717, 1.165) is 28.4 Å². The standard InChI is InChI=1S/C20H21ClN2O5S/c1-2-27-16(24)10-28-15-6-5-12(21)9-13(15)17-18-14(7-8-23(17)20(25)26)22-19(29-18)11-3-4-11/h5-6,9,11,17H,2-4,7-8,10H2,1H3,(H,25,26). The first-order valence-electron chi connectivity index (χ1n) is 9.54. The minimum atomic E-state index is -1.02. The van der Waals surface area contributed by atoms with Crippen LogP contribution < -0.4 is 4.74 Å². The summed E-state index contributed by atoms with van der Waals surface area (Å²) in [5.74, 6) is 0.415. The van der Waals surface area contributed by atoms with Gasteiger partial charge in [-0.1, -0.05) is 11.6 Å². The van der Waals surface area contributed by atoms with E-state index in [2.05, 4.69) is 0 Å². The highest BCUT2D eigenvalue weighted by atomic mass is 35.5. The predicted molar refractivity (Wildman–Crippen MR) is 108 cm³/mol. The maximum absolute atomic E-state index is 12.0. The fourth-order valence-electron chi connectivity index (χ4n) is 3.50. The van der Waals surface area contributed by atoms with Crippen LogP contribution in [0.15, 0.2) is 18.2 Å². The Bertz CT molecular complexity index is 943. The van der Waals surface area contributed by atoms with Crippen molar-refractivity contribution in [2.24, 2.45) is 0 Å². The summed E-state index contributed by atoms with van der Waals surface area (Å²) in [4.78, 5) is 30.8. The number of carboxylic acid groups (broad SMARTS) is 1. The van der Waals surface area contributed by atoms with Gasteiger partial charge in [-0.05, 0) is 38.0 Å². The highest BCUT2D eigenvalue weighted by Gasteiger charge is 2.38. The molecule has 9 heteroatoms. The summed E-state index contributed by atoms with van der Waals surface area (Å²) in [5.41, 5.74) is 1.55. The van der Waals surface area contributed by atoms with E-state index < -0.39 is 18.1 Å². The number of thiazole rings is 1. The normalized spacial score (nSPS) is 18.3. The average Bonchev–Trinajstić information content (AvgIpc) is 3.45. The molecule has 0 saturated heterocycles. The molecule has 1 aliphatic heterocycles. The maximum atomic E-state index is 12.0. The zero-order chi connectivity index (χ0) is 20.5. The molecule has 1 unspecified atom stereocenters. The molecule has 1 N–H and O–H groups in total. The Hall–Kier alpha value is -2.32. The van der Waals surface area contributed by atoms with Crippen molar-refractivity contribution in [2.75, 3.05) is 19.8 Å². The number of amides is 1. The van der Waals surface area contributed by atoms with E-state index >= 15 is 0 Å². The van der Waals surface area contributed by atoms with Gasteiger partial charge in [0, 0.05) is 29.5 Å². The van der Waals surface area contributed by atoms with Gasteiger partial charge in [-0.3, -0.25) is 4.90 Å². The lowest BCUT2D eigenvalue weighted by molar-refractivity contribution is -0.145. The minimum Gasteiger partial charge on any atom is -0.482 e. The van der Waals surface area contributed by atoms with Crippen molar-refractivity contribution >= 4 is 35.0 Å². The van der Waals surface area contributed by atoms with Gasteiger partial charge in [-0.15, -0.1) is 11.3 Å². The van der Waals surface area contributed by atoms with Crippen LogP contribution in [0.3, 0.4) is 0 Å². The summed E-state index contributed by atoms with van der Waals surface area (Å²) in [6, 6.07) is 4.45. The van der Waals surface area contributed by atoms with Crippen molar-refractivity contribution in [3.05, 3.63) is 44.4 Å². The summed E-state index contributed by atoms with van der Waals surface area (Å²) in [5, 5.41) is 11.4. The Morgan fingerprint density at radius 3 is 2.86 bits per heavy atom. The van der Waals surface area contributed by atoms with Crippen molar-refractivity contribution in [3.63, 3.8) is 0 Å². The Kier molecular flexibility index (Phi) is 5.65. The number of halogens is 1. The predicted octanol–water partition coefficient (Wildman–Crippen LogP) is 4.24. The topological polar surface area (TPSA) is 89.0 Å². The van der Waals surface area contributed by atoms with Crippen molar-refractivity contribution in [2.45, 2.75) is 38.1 Å². The second kappa shape index (κ2) is 8.20. The first-order valence-corrected chi connectivity index (χ1v) is 10.7. The highest BCUT2D eigenvalue weighted by molar-refractivity contribution is 7.12. The smallest absolute Gasteiger partial charge is 0.408 e. The van der Waals surface area contributed by atoms with Crippen LogP contribution in [0.1, 0.15) is 52.9 Å². The summed E-state index contributed by atoms with van der Waals surface area (Å²) in [6.45, 7) is 2.07. The van der Waals surface area contributed by atoms with Gasteiger partial charge in [0.2, 0.25) is 0 Å². The Labute approximate surface area is 177 Å². The number of rotatable bonds is 6. The lowest BCUT2D eigenvalue weighted by Crippen LogP contribution is -2.39. The summed E-state index contributed by atoms with van der Waals surface area (Å²) in [6.07, 6.45) is 1.83. The zero-order valence-corrected chi connectivity index (χ0v) is 17.5. The first-order chi connectivity index (χ1) is 14.0. The number of carbonyl (C=O) groups excluding carboxylic acids is 1. The second-order valence-corrected chi connectivity index (χ2v) is 8.54. The summed E-state index contributed by atoms with van der Waals surface area (Å²) in [7, 11) is 0. The lowest BCUT2D eigenvalue weighted by Gasteiger charge is -2.34. The van der Waals surface area contributed by atoms with Crippen molar-refractivity contribution in [1.82, 2.24) is 9.88 Å². The SMILES string of the molecule is CCOC(=O)COc1ccc(Cl)cc1C1c2sc(C3CC3)nc2CCN1C(=O)O. The quantitative estimate of drug-likeness (QED) is 0.681. The molecule has 29 heavy (non-hydrogen) atoms. The molecule has 1 aromatic carbocycles. The molecule has 0 spiro atoms. The number of benzene rings is 1. The third-order valence-electron chi connectivity index (χ3n) is 4.98. The molecule has 1 fully saturated rings. The van der Waals surface area contributed by atoms with E-state index in [9.17, 15) is 14.7 Å². The number of carbonyl (C=O) groups is 2. The molecule has 2 aliphatic rings. The van der Waals surface area contributed by atoms with Crippen LogP contribution in [0.4, 0.5) is 4.79 Å². The van der Waals surface area contributed by atoms with Crippen LogP contribution in [0.5, 0.6) is 5.75 Å². The summed E-state index contributed by atoms with van der Waals surface area (Å²) < 4.78 is 10.6. The largest absolute Gasteiger partial charge is 0.482 e. The van der Waals surface area contributed by atoms with Crippen LogP contribution >= 0.6 is 22.9 Å². The molecule has 4 rings (SSSR count). The van der Waals surface area contributed by atoms with Gasteiger partial charge in [0.15, 0.2) is 6.61 Å². The van der Waals surface area contributed by atoms with Gasteiger partial charge in [-0.2, -0.15) is 0 Å². The molecule has 154 valence electrons. The first kappa shape index (κ1) is 20.0. The number of esters is 1. The van der Waals surface area contributed by atoms with Crippen LogP contribution in [-0.2, 0) is 16.0 Å². The van der Waals surface area contributed by atoms with E-state index in [4.69, 9.17) is 26.1 Å². The zero-order valence-electron chi connectivity index (χ0n) is 15.9. The van der Waals surface area contributed by atoms with Gasteiger partial charge in [0.1, 0.15) is 11.8 Å². The lowest BCUT2D eigenvalue weighted by atomic mass is 9.97. The van der Waals surface area contributed by atoms with E-state index in [1.54, 1.807) is 36.5 Å². The molecule has 1 atom stereocenters. The van der Waals surface area contributed by atoms with Gasteiger partial charge in [0.25, 0.3) is 0 Å². The third-order valence-corrected chi connectivity index (χ3v) is 6.53. The monoisotopic (exact) mass is 436 g/mol. The van der Waals surface area contributed by atoms with Crippen LogP contribution in [0.2, 0.25) is 5.02 Å². The van der Waals surface area contributed by atoms with Crippen molar-refractivity contribution < 1.29 is 24.2 Å². The van der Waals surface area contributed by atoms with E-state index in [-0.39, 0.29) is 13.2 Å². The molecule has 2 aromatic rings. The number of ether oxygens (including phenoxy) is 2. The fraction of sp³-hybridized carbons (Fsp3) is 0.450. The Morgan fingerprint density at radius 1 is 1.38 bits per heavy atom. The molecule has 1 aromatic heterocycles. The average molecular weight is 437 g/mol. The van der Waals surface area contributed by atoms with E-state index in [1.165, 1.54) is 4.90 Å². The molecular weight excluding hydrogens is 416 g/mol.